The van der Waals surface area contributed by atoms with Crippen molar-refractivity contribution in [3.05, 3.63) is 82.1 Å². The van der Waals surface area contributed by atoms with Gasteiger partial charge < -0.3 is 14.2 Å². The minimum absolute atomic E-state index is 0.136. The Morgan fingerprint density at radius 3 is 2.63 bits per heavy atom. The van der Waals surface area contributed by atoms with Crippen molar-refractivity contribution in [2.24, 2.45) is 5.10 Å². The molecule has 0 atom stereocenters. The van der Waals surface area contributed by atoms with Gasteiger partial charge in [-0.05, 0) is 70.0 Å². The number of hydrazone groups is 1. The first-order valence-electron chi connectivity index (χ1n) is 8.74. The topological polar surface area (TPSA) is 99.1 Å². The second-order valence-electron chi connectivity index (χ2n) is 6.12. The lowest BCUT2D eigenvalue weighted by atomic mass is 10.2. The summed E-state index contributed by atoms with van der Waals surface area (Å²) >= 11 is 3.26. The van der Waals surface area contributed by atoms with E-state index in [1.165, 1.54) is 12.4 Å². The van der Waals surface area contributed by atoms with Gasteiger partial charge in [0.15, 0.2) is 11.5 Å². The highest BCUT2D eigenvalue weighted by Crippen LogP contribution is 2.32. The van der Waals surface area contributed by atoms with Crippen molar-refractivity contribution >= 4 is 34.0 Å². The Hall–Kier alpha value is -3.72. The molecule has 0 unspecified atom stereocenters. The van der Waals surface area contributed by atoms with Crippen LogP contribution in [0.1, 0.15) is 26.3 Å². The van der Waals surface area contributed by atoms with Crippen LogP contribution in [-0.2, 0) is 0 Å². The largest absolute Gasteiger partial charge is 0.454 e. The molecule has 2 heterocycles. The summed E-state index contributed by atoms with van der Waals surface area (Å²) in [6, 6.07) is 13.2. The minimum atomic E-state index is -0.510. The molecule has 1 aromatic heterocycles. The van der Waals surface area contributed by atoms with Crippen LogP contribution < -0.4 is 19.6 Å². The van der Waals surface area contributed by atoms with Gasteiger partial charge in [0, 0.05) is 16.9 Å². The molecule has 0 bridgehead atoms. The predicted octanol–water partition coefficient (Wildman–Crippen LogP) is 3.56. The molecular formula is C21H14BrN3O5. The number of carbonyl (C=O) groups is 2. The molecule has 3 aromatic rings. The fourth-order valence-corrected chi connectivity index (χ4v) is 2.94. The summed E-state index contributed by atoms with van der Waals surface area (Å²) in [7, 11) is 0. The van der Waals surface area contributed by atoms with Crippen LogP contribution in [0.25, 0.3) is 0 Å². The summed E-state index contributed by atoms with van der Waals surface area (Å²) < 4.78 is 16.6. The van der Waals surface area contributed by atoms with Crippen LogP contribution in [0.15, 0.2) is 70.5 Å². The van der Waals surface area contributed by atoms with E-state index < -0.39 is 5.97 Å². The van der Waals surface area contributed by atoms with E-state index in [2.05, 4.69) is 31.4 Å². The predicted molar refractivity (Wildman–Crippen MR) is 111 cm³/mol. The van der Waals surface area contributed by atoms with Gasteiger partial charge in [-0.3, -0.25) is 9.78 Å². The van der Waals surface area contributed by atoms with Crippen molar-refractivity contribution < 1.29 is 23.8 Å². The second-order valence-corrected chi connectivity index (χ2v) is 7.03. The Bertz CT molecular complexity index is 1130. The number of aromatic nitrogens is 1. The number of carbonyl (C=O) groups excluding carboxylic acids is 2. The monoisotopic (exact) mass is 467 g/mol. The molecule has 150 valence electrons. The molecule has 1 amide bonds. The van der Waals surface area contributed by atoms with Gasteiger partial charge in [-0.2, -0.15) is 5.10 Å². The van der Waals surface area contributed by atoms with Crippen molar-refractivity contribution in [3.8, 4) is 17.2 Å². The van der Waals surface area contributed by atoms with Gasteiger partial charge in [0.1, 0.15) is 5.75 Å². The molecule has 1 aliphatic heterocycles. The van der Waals surface area contributed by atoms with Crippen molar-refractivity contribution in [1.82, 2.24) is 10.4 Å². The van der Waals surface area contributed by atoms with Gasteiger partial charge in [0.05, 0.1) is 17.3 Å². The van der Waals surface area contributed by atoms with Crippen molar-refractivity contribution in [2.45, 2.75) is 0 Å². The van der Waals surface area contributed by atoms with E-state index >= 15 is 0 Å². The molecule has 4 rings (SSSR count). The highest BCUT2D eigenvalue weighted by atomic mass is 79.9. The number of pyridine rings is 1. The zero-order valence-corrected chi connectivity index (χ0v) is 17.0. The van der Waals surface area contributed by atoms with Gasteiger partial charge in [-0.25, -0.2) is 10.2 Å². The van der Waals surface area contributed by atoms with E-state index in [9.17, 15) is 9.59 Å². The molecule has 2 aromatic carbocycles. The number of amides is 1. The highest BCUT2D eigenvalue weighted by Gasteiger charge is 2.17. The van der Waals surface area contributed by atoms with Crippen LogP contribution in [0.2, 0.25) is 0 Å². The van der Waals surface area contributed by atoms with E-state index in [1.54, 1.807) is 54.7 Å². The summed E-state index contributed by atoms with van der Waals surface area (Å²) in [6.45, 7) is 0.136. The van der Waals surface area contributed by atoms with Crippen LogP contribution in [0.3, 0.4) is 0 Å². The van der Waals surface area contributed by atoms with Gasteiger partial charge in [0.25, 0.3) is 5.91 Å². The maximum atomic E-state index is 12.3. The van der Waals surface area contributed by atoms with Crippen molar-refractivity contribution in [3.63, 3.8) is 0 Å². The third-order valence-corrected chi connectivity index (χ3v) is 4.48. The van der Waals surface area contributed by atoms with E-state index in [0.717, 1.165) is 0 Å². The summed E-state index contributed by atoms with van der Waals surface area (Å²) in [5.41, 5.74) is 3.88. The van der Waals surface area contributed by atoms with Crippen molar-refractivity contribution in [1.29, 1.82) is 0 Å². The number of hydrogen-bond acceptors (Lipinski definition) is 7. The van der Waals surface area contributed by atoms with E-state index in [4.69, 9.17) is 14.2 Å². The van der Waals surface area contributed by atoms with Gasteiger partial charge in [-0.1, -0.05) is 0 Å². The molecule has 30 heavy (non-hydrogen) atoms. The van der Waals surface area contributed by atoms with Crippen LogP contribution >= 0.6 is 15.9 Å². The third-order valence-electron chi connectivity index (χ3n) is 4.05. The average Bonchev–Trinajstić information content (AvgIpc) is 3.23. The fourth-order valence-electron chi connectivity index (χ4n) is 2.58. The molecular weight excluding hydrogens is 454 g/mol. The second kappa shape index (κ2) is 8.75. The zero-order chi connectivity index (χ0) is 20.9. The third kappa shape index (κ3) is 4.64. The average molecular weight is 468 g/mol. The Morgan fingerprint density at radius 2 is 1.83 bits per heavy atom. The molecule has 9 heteroatoms. The highest BCUT2D eigenvalue weighted by molar-refractivity contribution is 9.10. The Kier molecular flexibility index (Phi) is 5.71. The number of nitrogens with zero attached hydrogens (tertiary/aromatic N) is 2. The maximum Gasteiger partial charge on any atom is 0.343 e. The molecule has 1 N–H and O–H groups in total. The molecule has 0 spiro atoms. The zero-order valence-electron chi connectivity index (χ0n) is 15.4. The normalized spacial score (nSPS) is 12.0. The minimum Gasteiger partial charge on any atom is -0.454 e. The molecule has 1 aliphatic rings. The lowest BCUT2D eigenvalue weighted by Crippen LogP contribution is -2.17. The van der Waals surface area contributed by atoms with Crippen molar-refractivity contribution in [2.75, 3.05) is 6.79 Å². The van der Waals surface area contributed by atoms with Gasteiger partial charge in [0.2, 0.25) is 6.79 Å². The van der Waals surface area contributed by atoms with Crippen LogP contribution in [0.4, 0.5) is 0 Å². The summed E-state index contributed by atoms with van der Waals surface area (Å²) in [4.78, 5) is 28.2. The lowest BCUT2D eigenvalue weighted by Gasteiger charge is -2.05. The first-order valence-corrected chi connectivity index (χ1v) is 9.54. The van der Waals surface area contributed by atoms with Crippen LogP contribution in [0, 0.1) is 0 Å². The lowest BCUT2D eigenvalue weighted by molar-refractivity contribution is 0.0734. The SMILES string of the molecule is O=C(N/N=C\c1ccc(OC(=O)c2ccc3c(c2)OCO3)cc1)c1cncc(Br)c1. The summed E-state index contributed by atoms with van der Waals surface area (Å²) in [5.74, 6) is 0.591. The standard InChI is InChI=1S/C21H14BrN3O5/c22-16-7-15(10-23-11-16)20(26)25-24-9-13-1-4-17(5-2-13)30-21(27)14-3-6-18-19(8-14)29-12-28-18/h1-11H,12H2,(H,25,26)/b24-9-. The molecule has 0 radical (unpaired) electrons. The number of nitrogens with one attached hydrogen (secondary N) is 1. The van der Waals surface area contributed by atoms with E-state index in [1.807, 2.05) is 0 Å². The first kappa shape index (κ1) is 19.6. The molecule has 0 saturated carbocycles. The van der Waals surface area contributed by atoms with Gasteiger partial charge >= 0.3 is 5.97 Å². The van der Waals surface area contributed by atoms with Crippen LogP contribution in [0.5, 0.6) is 17.2 Å². The number of esters is 1. The van der Waals surface area contributed by atoms with E-state index in [0.29, 0.717) is 38.4 Å². The molecule has 0 saturated heterocycles. The number of fused-ring (bicyclic) bond motifs is 1. The van der Waals surface area contributed by atoms with Gasteiger partial charge in [-0.15, -0.1) is 0 Å². The van der Waals surface area contributed by atoms with Crippen LogP contribution in [-0.4, -0.2) is 29.9 Å². The Morgan fingerprint density at radius 1 is 1.03 bits per heavy atom. The number of hydrogen-bond donors (Lipinski definition) is 1. The number of ether oxygens (including phenoxy) is 3. The summed E-state index contributed by atoms with van der Waals surface area (Å²) in [5, 5.41) is 3.92. The Balaban J connectivity index is 1.34. The number of halogens is 1. The Labute approximate surface area is 179 Å². The number of benzene rings is 2. The molecule has 0 fully saturated rings. The molecule has 8 nitrogen and oxygen atoms in total. The summed E-state index contributed by atoms with van der Waals surface area (Å²) in [6.07, 6.45) is 4.51. The maximum absolute atomic E-state index is 12.3. The quantitative estimate of drug-likeness (QED) is 0.266. The number of rotatable bonds is 5. The smallest absolute Gasteiger partial charge is 0.343 e. The first-order chi connectivity index (χ1) is 14.6. The molecule has 0 aliphatic carbocycles. The fraction of sp³-hybridized carbons (Fsp3) is 0.0476. The van der Waals surface area contributed by atoms with E-state index in [-0.39, 0.29) is 12.7 Å².